The first kappa shape index (κ1) is 14.1. The Kier molecular flexibility index (Phi) is 4.25. The van der Waals surface area contributed by atoms with Crippen molar-refractivity contribution < 1.29 is 9.21 Å². The molecule has 0 saturated carbocycles. The van der Waals surface area contributed by atoms with Crippen LogP contribution in [0.3, 0.4) is 0 Å². The number of fused-ring (bicyclic) bond motifs is 1. The number of carbonyl (C=O) groups is 1. The van der Waals surface area contributed by atoms with Gasteiger partial charge in [-0.3, -0.25) is 4.79 Å². The van der Waals surface area contributed by atoms with Crippen LogP contribution < -0.4 is 5.32 Å². The summed E-state index contributed by atoms with van der Waals surface area (Å²) in [7, 11) is 0. The van der Waals surface area contributed by atoms with Crippen LogP contribution in [0.4, 0.5) is 0 Å². The van der Waals surface area contributed by atoms with Gasteiger partial charge in [0.1, 0.15) is 5.58 Å². The van der Waals surface area contributed by atoms with Gasteiger partial charge in [0.05, 0.1) is 0 Å². The Morgan fingerprint density at radius 3 is 2.86 bits per heavy atom. The van der Waals surface area contributed by atoms with E-state index in [4.69, 9.17) is 4.42 Å². The summed E-state index contributed by atoms with van der Waals surface area (Å²) < 4.78 is 5.63. The number of likely N-dealkylation sites (tertiary alicyclic amines) is 1. The summed E-state index contributed by atoms with van der Waals surface area (Å²) in [5, 5.41) is 3.94. The summed E-state index contributed by atoms with van der Waals surface area (Å²) in [5.74, 6) is 0.281. The van der Waals surface area contributed by atoms with Gasteiger partial charge < -0.3 is 14.6 Å². The fourth-order valence-corrected chi connectivity index (χ4v) is 2.85. The number of nitrogens with one attached hydrogen (secondary N) is 1. The quantitative estimate of drug-likeness (QED) is 0.919. The molecule has 1 saturated heterocycles. The van der Waals surface area contributed by atoms with E-state index in [0.29, 0.717) is 12.3 Å². The zero-order valence-corrected chi connectivity index (χ0v) is 12.5. The van der Waals surface area contributed by atoms with Crippen molar-refractivity contribution in [2.75, 3.05) is 26.2 Å². The number of rotatable bonds is 5. The molecule has 0 bridgehead atoms. The molecule has 0 unspecified atom stereocenters. The molecule has 4 nitrogen and oxygen atoms in total. The van der Waals surface area contributed by atoms with Crippen LogP contribution in [-0.4, -0.2) is 37.0 Å². The molecule has 1 N–H and O–H groups in total. The van der Waals surface area contributed by atoms with Crippen LogP contribution in [0, 0.1) is 0 Å². The van der Waals surface area contributed by atoms with E-state index in [1.807, 2.05) is 18.2 Å². The van der Waals surface area contributed by atoms with Crippen molar-refractivity contribution in [1.82, 2.24) is 10.2 Å². The fourth-order valence-electron chi connectivity index (χ4n) is 2.85. The van der Waals surface area contributed by atoms with Gasteiger partial charge >= 0.3 is 0 Å². The standard InChI is InChI=1S/C17H22N2O2/c1-2-13-5-6-15-14(11-13)12-16(21-15)17(20)18-7-10-19-8-3-4-9-19/h5-6,11-12H,2-4,7-10H2,1H3,(H,18,20). The first-order valence-corrected chi connectivity index (χ1v) is 7.79. The molecular formula is C17H22N2O2. The lowest BCUT2D eigenvalue weighted by atomic mass is 10.1. The normalized spacial score (nSPS) is 15.7. The SMILES string of the molecule is CCc1ccc2oc(C(=O)NCCN3CCCC3)cc2c1. The van der Waals surface area contributed by atoms with Crippen LogP contribution in [0.5, 0.6) is 0 Å². The Labute approximate surface area is 125 Å². The van der Waals surface area contributed by atoms with Crippen LogP contribution in [0.15, 0.2) is 28.7 Å². The minimum atomic E-state index is -0.122. The second-order valence-electron chi connectivity index (χ2n) is 5.64. The number of nitrogens with zero attached hydrogens (tertiary/aromatic N) is 1. The highest BCUT2D eigenvalue weighted by molar-refractivity contribution is 5.96. The molecule has 0 aliphatic carbocycles. The highest BCUT2D eigenvalue weighted by Gasteiger charge is 2.14. The molecule has 0 atom stereocenters. The van der Waals surface area contributed by atoms with Crippen molar-refractivity contribution >= 4 is 16.9 Å². The van der Waals surface area contributed by atoms with E-state index in [-0.39, 0.29) is 5.91 Å². The molecule has 21 heavy (non-hydrogen) atoms. The highest BCUT2D eigenvalue weighted by Crippen LogP contribution is 2.21. The molecule has 112 valence electrons. The molecule has 1 fully saturated rings. The fraction of sp³-hybridized carbons (Fsp3) is 0.471. The zero-order chi connectivity index (χ0) is 14.7. The molecule has 4 heteroatoms. The van der Waals surface area contributed by atoms with E-state index in [2.05, 4.69) is 23.2 Å². The Bertz CT molecular complexity index is 627. The molecule has 1 aromatic heterocycles. The second-order valence-corrected chi connectivity index (χ2v) is 5.64. The summed E-state index contributed by atoms with van der Waals surface area (Å²) in [6, 6.07) is 7.90. The Morgan fingerprint density at radius 2 is 2.10 bits per heavy atom. The first-order valence-electron chi connectivity index (χ1n) is 7.79. The summed E-state index contributed by atoms with van der Waals surface area (Å²) in [6.07, 6.45) is 3.53. The molecule has 2 aromatic rings. The smallest absolute Gasteiger partial charge is 0.287 e. The predicted molar refractivity (Wildman–Crippen MR) is 83.6 cm³/mol. The lowest BCUT2D eigenvalue weighted by Crippen LogP contribution is -2.33. The molecule has 1 aliphatic heterocycles. The van der Waals surface area contributed by atoms with Gasteiger partial charge in [-0.25, -0.2) is 0 Å². The van der Waals surface area contributed by atoms with E-state index >= 15 is 0 Å². The molecule has 0 radical (unpaired) electrons. The van der Waals surface area contributed by atoms with Gasteiger partial charge in [-0.1, -0.05) is 13.0 Å². The predicted octanol–water partition coefficient (Wildman–Crippen LogP) is 2.82. The number of amides is 1. The molecule has 1 amide bonds. The number of hydrogen-bond acceptors (Lipinski definition) is 3. The van der Waals surface area contributed by atoms with Crippen molar-refractivity contribution in [2.45, 2.75) is 26.2 Å². The zero-order valence-electron chi connectivity index (χ0n) is 12.5. The molecule has 1 aromatic carbocycles. The summed E-state index contributed by atoms with van der Waals surface area (Å²) in [4.78, 5) is 14.5. The lowest BCUT2D eigenvalue weighted by Gasteiger charge is -2.14. The van der Waals surface area contributed by atoms with Gasteiger partial charge in [-0.05, 0) is 56.1 Å². The van der Waals surface area contributed by atoms with Gasteiger partial charge in [-0.2, -0.15) is 0 Å². The molecular weight excluding hydrogens is 264 g/mol. The number of carbonyl (C=O) groups excluding carboxylic acids is 1. The third kappa shape index (κ3) is 3.27. The van der Waals surface area contributed by atoms with Crippen molar-refractivity contribution in [1.29, 1.82) is 0 Å². The minimum absolute atomic E-state index is 0.122. The van der Waals surface area contributed by atoms with Crippen LogP contribution in [0.1, 0.15) is 35.9 Å². The van der Waals surface area contributed by atoms with Crippen LogP contribution in [0.25, 0.3) is 11.0 Å². The summed E-state index contributed by atoms with van der Waals surface area (Å²) in [6.45, 7) is 6.02. The maximum Gasteiger partial charge on any atom is 0.287 e. The Balaban J connectivity index is 1.61. The Hall–Kier alpha value is -1.81. The van der Waals surface area contributed by atoms with Gasteiger partial charge in [0, 0.05) is 18.5 Å². The lowest BCUT2D eigenvalue weighted by molar-refractivity contribution is 0.0924. The topological polar surface area (TPSA) is 45.5 Å². The molecule has 2 heterocycles. The summed E-state index contributed by atoms with van der Waals surface area (Å²) in [5.41, 5.74) is 2.03. The second kappa shape index (κ2) is 6.31. The van der Waals surface area contributed by atoms with Crippen molar-refractivity contribution in [2.24, 2.45) is 0 Å². The Morgan fingerprint density at radius 1 is 1.29 bits per heavy atom. The minimum Gasteiger partial charge on any atom is -0.451 e. The van der Waals surface area contributed by atoms with Crippen molar-refractivity contribution in [3.8, 4) is 0 Å². The molecule has 1 aliphatic rings. The molecule has 3 rings (SSSR count). The maximum atomic E-state index is 12.1. The number of aryl methyl sites for hydroxylation is 1. The van der Waals surface area contributed by atoms with E-state index < -0.39 is 0 Å². The van der Waals surface area contributed by atoms with Crippen LogP contribution in [0.2, 0.25) is 0 Å². The third-order valence-electron chi connectivity index (χ3n) is 4.13. The average Bonchev–Trinajstić information content (AvgIpc) is 3.15. The van der Waals surface area contributed by atoms with Crippen molar-refractivity contribution in [3.63, 3.8) is 0 Å². The van der Waals surface area contributed by atoms with Gasteiger partial charge in [0.25, 0.3) is 5.91 Å². The van der Waals surface area contributed by atoms with Crippen LogP contribution in [-0.2, 0) is 6.42 Å². The number of benzene rings is 1. The van der Waals surface area contributed by atoms with Crippen LogP contribution >= 0.6 is 0 Å². The summed E-state index contributed by atoms with van der Waals surface area (Å²) >= 11 is 0. The number of furan rings is 1. The van der Waals surface area contributed by atoms with E-state index in [0.717, 1.165) is 37.0 Å². The van der Waals surface area contributed by atoms with E-state index in [9.17, 15) is 4.79 Å². The maximum absolute atomic E-state index is 12.1. The van der Waals surface area contributed by atoms with E-state index in [1.54, 1.807) is 0 Å². The van der Waals surface area contributed by atoms with Gasteiger partial charge in [0.2, 0.25) is 0 Å². The van der Waals surface area contributed by atoms with Gasteiger partial charge in [-0.15, -0.1) is 0 Å². The van der Waals surface area contributed by atoms with Crippen molar-refractivity contribution in [3.05, 3.63) is 35.6 Å². The average molecular weight is 286 g/mol. The number of hydrogen-bond donors (Lipinski definition) is 1. The first-order chi connectivity index (χ1) is 10.3. The highest BCUT2D eigenvalue weighted by atomic mass is 16.3. The monoisotopic (exact) mass is 286 g/mol. The largest absolute Gasteiger partial charge is 0.451 e. The third-order valence-corrected chi connectivity index (χ3v) is 4.13. The van der Waals surface area contributed by atoms with E-state index in [1.165, 1.54) is 18.4 Å². The van der Waals surface area contributed by atoms with Gasteiger partial charge in [0.15, 0.2) is 5.76 Å². The molecule has 0 spiro atoms.